The first kappa shape index (κ1) is 28.6. The Bertz CT molecular complexity index is 1200. The van der Waals surface area contributed by atoms with Crippen LogP contribution in [-0.4, -0.2) is 39.6 Å². The van der Waals surface area contributed by atoms with Gasteiger partial charge in [-0.2, -0.15) is 0 Å². The summed E-state index contributed by atoms with van der Waals surface area (Å²) in [5.74, 6) is -1.27. The van der Waals surface area contributed by atoms with Gasteiger partial charge in [-0.05, 0) is 36.2 Å². The predicted molar refractivity (Wildman–Crippen MR) is 130 cm³/mol. The number of unbranched alkanes of at least 4 members (excludes halogenated alkanes) is 1. The molecule has 0 saturated heterocycles. The summed E-state index contributed by atoms with van der Waals surface area (Å²) in [4.78, 5) is 40.3. The quantitative estimate of drug-likeness (QED) is 0.319. The molecule has 0 aliphatic carbocycles. The van der Waals surface area contributed by atoms with Crippen molar-refractivity contribution >= 4 is 35.1 Å². The Kier molecular flexibility index (Phi) is 11.0. The molecule has 1 amide bonds. The third-order valence-corrected chi connectivity index (χ3v) is 5.65. The molecule has 180 valence electrons. The molecule has 0 aliphatic heterocycles. The molecule has 3 aromatic rings. The van der Waals surface area contributed by atoms with Crippen molar-refractivity contribution in [2.75, 3.05) is 12.4 Å². The Morgan fingerprint density at radius 2 is 1.77 bits per heavy atom. The van der Waals surface area contributed by atoms with Crippen LogP contribution in [0.3, 0.4) is 0 Å². The second-order valence-corrected chi connectivity index (χ2v) is 8.07. The summed E-state index contributed by atoms with van der Waals surface area (Å²) >= 11 is 6.34. The fourth-order valence-electron chi connectivity index (χ4n) is 3.54. The number of carboxylic acids is 1. The number of carbonyl (C=O) groups is 3. The van der Waals surface area contributed by atoms with E-state index in [2.05, 4.69) is 17.2 Å². The van der Waals surface area contributed by atoms with E-state index in [4.69, 9.17) is 16.3 Å². The van der Waals surface area contributed by atoms with Crippen LogP contribution in [0, 0.1) is 0 Å². The predicted octanol–water partition coefficient (Wildman–Crippen LogP) is 1.71. The Balaban J connectivity index is 0.00000324. The number of aromatic nitrogens is 2. The summed E-state index contributed by atoms with van der Waals surface area (Å²) in [5.41, 5.74) is 2.06. The van der Waals surface area contributed by atoms with E-state index in [0.29, 0.717) is 17.9 Å². The van der Waals surface area contributed by atoms with Crippen LogP contribution in [0.2, 0.25) is 5.15 Å². The fraction of sp³-hybridized carbons (Fsp3) is 0.280. The van der Waals surface area contributed by atoms with E-state index < -0.39 is 17.8 Å². The third-order valence-electron chi connectivity index (χ3n) is 5.35. The first-order valence-corrected chi connectivity index (χ1v) is 11.2. The number of carboxylic acid groups (broad SMARTS) is 1. The molecule has 0 fully saturated rings. The topological polar surface area (TPSA) is 111 Å². The van der Waals surface area contributed by atoms with Crippen LogP contribution in [0.15, 0.2) is 48.5 Å². The van der Waals surface area contributed by atoms with Crippen molar-refractivity contribution in [3.05, 3.63) is 81.9 Å². The zero-order valence-electron chi connectivity index (χ0n) is 21.0. The Morgan fingerprint density at radius 3 is 2.37 bits per heavy atom. The Labute approximate surface area is 232 Å². The standard InChI is InChI=1S/C25H26ClN3O5.Na.H/c1-3-4-9-21-28-23(26)20(14-22(30)34-2)29(21)15-16-10-12-17(13-11-16)27-24(31)18-7-5-6-8-19(18)25(32)33;;/h5-8,10-13H,3-4,9,14-15H2,1-2H3,(H,27,31)(H,32,33);;/q;+1;-1. The molecule has 0 bridgehead atoms. The number of ether oxygens (including phenoxy) is 1. The maximum atomic E-state index is 12.6. The van der Waals surface area contributed by atoms with Crippen molar-refractivity contribution in [2.24, 2.45) is 0 Å². The van der Waals surface area contributed by atoms with Gasteiger partial charge in [0.15, 0.2) is 5.15 Å². The van der Waals surface area contributed by atoms with Crippen molar-refractivity contribution in [1.82, 2.24) is 9.55 Å². The first-order chi connectivity index (χ1) is 16.3. The van der Waals surface area contributed by atoms with E-state index in [1.165, 1.54) is 19.2 Å². The second-order valence-electron chi connectivity index (χ2n) is 7.71. The van der Waals surface area contributed by atoms with Gasteiger partial charge in [0.05, 0.1) is 30.4 Å². The van der Waals surface area contributed by atoms with Gasteiger partial charge in [-0.1, -0.05) is 49.2 Å². The molecular weight excluding hydrogens is 481 g/mol. The van der Waals surface area contributed by atoms with E-state index in [0.717, 1.165) is 30.7 Å². The van der Waals surface area contributed by atoms with Crippen LogP contribution in [0.5, 0.6) is 0 Å². The van der Waals surface area contributed by atoms with E-state index in [1.807, 2.05) is 16.7 Å². The molecule has 8 nitrogen and oxygen atoms in total. The van der Waals surface area contributed by atoms with E-state index in [9.17, 15) is 19.5 Å². The van der Waals surface area contributed by atoms with Gasteiger partial charge >= 0.3 is 41.5 Å². The average Bonchev–Trinajstić information content (AvgIpc) is 3.12. The van der Waals surface area contributed by atoms with Crippen molar-refractivity contribution < 1.29 is 55.2 Å². The summed E-state index contributed by atoms with van der Waals surface area (Å²) in [6.45, 7) is 2.54. The zero-order valence-corrected chi connectivity index (χ0v) is 22.8. The SMILES string of the molecule is CCCCc1nc(Cl)c(CC(=O)OC)n1Cc1ccc(NC(=O)c2ccccc2C(=O)O)cc1.[H-].[Na+]. The van der Waals surface area contributed by atoms with Gasteiger partial charge in [-0.25, -0.2) is 9.78 Å². The van der Waals surface area contributed by atoms with Crippen molar-refractivity contribution in [3.63, 3.8) is 0 Å². The molecule has 3 rings (SSSR count). The first-order valence-electron chi connectivity index (χ1n) is 10.9. The number of carbonyl (C=O) groups excluding carboxylic acids is 2. The number of aromatic carboxylic acids is 1. The largest absolute Gasteiger partial charge is 1.00 e. The number of amides is 1. The molecule has 2 N–H and O–H groups in total. The number of esters is 1. The number of halogens is 1. The summed E-state index contributed by atoms with van der Waals surface area (Å²) < 4.78 is 6.74. The van der Waals surface area contributed by atoms with Crippen LogP contribution in [0.1, 0.15) is 59.0 Å². The van der Waals surface area contributed by atoms with E-state index in [1.54, 1.807) is 24.3 Å². The summed E-state index contributed by atoms with van der Waals surface area (Å²) in [5, 5.41) is 12.3. The number of nitrogens with one attached hydrogen (secondary N) is 1. The fourth-order valence-corrected chi connectivity index (χ4v) is 3.80. The van der Waals surface area contributed by atoms with Crippen LogP contribution in [0.4, 0.5) is 5.69 Å². The number of hydrogen-bond acceptors (Lipinski definition) is 5. The summed E-state index contributed by atoms with van der Waals surface area (Å²) in [7, 11) is 1.33. The van der Waals surface area contributed by atoms with Crippen molar-refractivity contribution in [2.45, 2.75) is 39.2 Å². The minimum absolute atomic E-state index is 0. The third kappa shape index (κ3) is 7.41. The number of benzene rings is 2. The number of rotatable bonds is 10. The van der Waals surface area contributed by atoms with E-state index in [-0.39, 0.29) is 53.7 Å². The van der Waals surface area contributed by atoms with E-state index >= 15 is 0 Å². The second kappa shape index (κ2) is 13.4. The molecule has 0 aliphatic rings. The summed E-state index contributed by atoms with van der Waals surface area (Å²) in [6.07, 6.45) is 2.68. The van der Waals surface area contributed by atoms with Crippen molar-refractivity contribution in [1.29, 1.82) is 0 Å². The van der Waals surface area contributed by atoms with Gasteiger partial charge in [0.2, 0.25) is 0 Å². The molecule has 0 radical (unpaired) electrons. The smallest absolute Gasteiger partial charge is 1.00 e. The minimum atomic E-state index is -1.17. The monoisotopic (exact) mass is 507 g/mol. The van der Waals surface area contributed by atoms with Gasteiger partial charge in [0.25, 0.3) is 5.91 Å². The van der Waals surface area contributed by atoms with Gasteiger partial charge < -0.3 is 21.2 Å². The van der Waals surface area contributed by atoms with Gasteiger partial charge in [0.1, 0.15) is 5.82 Å². The zero-order chi connectivity index (χ0) is 24.7. The van der Waals surface area contributed by atoms with Crippen LogP contribution < -0.4 is 34.9 Å². The molecule has 2 aromatic carbocycles. The molecule has 1 aromatic heterocycles. The van der Waals surface area contributed by atoms with Crippen LogP contribution in [-0.2, 0) is 28.9 Å². The number of nitrogens with zero attached hydrogens (tertiary/aromatic N) is 2. The number of anilines is 1. The van der Waals surface area contributed by atoms with Crippen LogP contribution >= 0.6 is 11.6 Å². The van der Waals surface area contributed by atoms with Gasteiger partial charge in [-0.15, -0.1) is 0 Å². The number of hydrogen-bond donors (Lipinski definition) is 2. The molecule has 1 heterocycles. The Hall–Kier alpha value is -2.65. The van der Waals surface area contributed by atoms with Crippen molar-refractivity contribution in [3.8, 4) is 0 Å². The normalized spacial score (nSPS) is 10.4. The number of imidazole rings is 1. The van der Waals surface area contributed by atoms with Gasteiger partial charge in [-0.3, -0.25) is 9.59 Å². The number of methoxy groups -OCH3 is 1. The molecule has 0 saturated carbocycles. The van der Waals surface area contributed by atoms with Gasteiger partial charge in [0, 0.05) is 18.7 Å². The molecule has 0 spiro atoms. The van der Waals surface area contributed by atoms with Crippen LogP contribution in [0.25, 0.3) is 0 Å². The molecule has 35 heavy (non-hydrogen) atoms. The maximum absolute atomic E-state index is 12.6. The number of aryl methyl sites for hydroxylation is 1. The minimum Gasteiger partial charge on any atom is -1.00 e. The Morgan fingerprint density at radius 1 is 1.11 bits per heavy atom. The summed E-state index contributed by atoms with van der Waals surface area (Å²) in [6, 6.07) is 13.2. The average molecular weight is 508 g/mol. The molecule has 0 unspecified atom stereocenters. The maximum Gasteiger partial charge on any atom is 1.00 e. The molecule has 0 atom stereocenters. The molecular formula is C25H27ClN3NaO5. The molecule has 10 heteroatoms.